The van der Waals surface area contributed by atoms with E-state index in [-0.39, 0.29) is 0 Å². The first-order chi connectivity index (χ1) is 38.2. The summed E-state index contributed by atoms with van der Waals surface area (Å²) >= 11 is 0. The van der Waals surface area contributed by atoms with Gasteiger partial charge in [0.05, 0.1) is 81.3 Å². The summed E-state index contributed by atoms with van der Waals surface area (Å²) in [6.07, 6.45) is 0. The molecule has 3 nitrogen and oxygen atoms in total. The van der Waals surface area contributed by atoms with E-state index >= 15 is 0 Å². The molecule has 11 rings (SSSR count). The fraction of sp³-hybridized carbons (Fsp3) is 0. The lowest BCUT2D eigenvalue weighted by Crippen LogP contribution is -2.01. The highest BCUT2D eigenvalue weighted by Crippen LogP contribution is 2.41. The van der Waals surface area contributed by atoms with Gasteiger partial charge in [0.1, 0.15) is 0 Å². The highest BCUT2D eigenvalue weighted by Gasteiger charge is 2.21. The second-order valence-corrected chi connectivity index (χ2v) is 11.0. The highest BCUT2D eigenvalue weighted by molar-refractivity contribution is 6.16. The third-order valence-corrected chi connectivity index (χ3v) is 8.40. The maximum absolute atomic E-state index is 10.3. The Morgan fingerprint density at radius 1 is 0.294 bits per heavy atom. The third kappa shape index (κ3) is 4.06. The Balaban J connectivity index is 1.45. The molecule has 3 heterocycles. The van der Waals surface area contributed by atoms with E-state index in [4.69, 9.17) is 21.9 Å². The lowest BCUT2D eigenvalue weighted by atomic mass is 10.1. The molecule has 0 spiro atoms. The molecule has 0 amide bonds. The van der Waals surface area contributed by atoms with Crippen LogP contribution in [0.1, 0.15) is 42.5 Å². The van der Waals surface area contributed by atoms with E-state index in [1.165, 1.54) is 0 Å². The zero-order chi connectivity index (χ0) is 60.4. The van der Waals surface area contributed by atoms with E-state index in [9.17, 15) is 20.6 Å². The van der Waals surface area contributed by atoms with E-state index in [1.807, 2.05) is 0 Å². The van der Waals surface area contributed by atoms with Crippen LogP contribution in [0, 0.1) is 0 Å². The van der Waals surface area contributed by atoms with Crippen molar-refractivity contribution in [1.82, 2.24) is 13.7 Å². The van der Waals surface area contributed by atoms with Crippen molar-refractivity contribution in [2.75, 3.05) is 0 Å². The van der Waals surface area contributed by atoms with Crippen molar-refractivity contribution in [2.45, 2.75) is 0 Å². The maximum Gasteiger partial charge on any atom is 0.0782 e. The molecule has 0 bridgehead atoms. The Morgan fingerprint density at radius 3 is 1.37 bits per heavy atom. The number of nitrogens with zero attached hydrogens (tertiary/aromatic N) is 3. The molecular weight excluding hydrogens is 619 g/mol. The number of rotatable bonds is 4. The Labute approximate surface area is 338 Å². The number of fused-ring (bicyclic) bond motifs is 9. The molecule has 3 heteroatoms. The first-order valence-electron chi connectivity index (χ1n) is 30.5. The average molecular weight is 681 g/mol. The van der Waals surface area contributed by atoms with Gasteiger partial charge in [-0.1, -0.05) is 133 Å². The van der Waals surface area contributed by atoms with Crippen LogP contribution in [0.3, 0.4) is 0 Å². The van der Waals surface area contributed by atoms with Crippen LogP contribution in [-0.2, 0) is 0 Å². The molecular formula is C48H31N3. The molecule has 0 unspecified atom stereocenters. The first-order valence-corrected chi connectivity index (χ1v) is 15.0. The summed E-state index contributed by atoms with van der Waals surface area (Å²) < 4.78 is 284. The van der Waals surface area contributed by atoms with Gasteiger partial charge >= 0.3 is 0 Å². The molecule has 3 aromatic heterocycles. The van der Waals surface area contributed by atoms with Crippen molar-refractivity contribution in [3.63, 3.8) is 0 Å². The number of aromatic nitrogens is 3. The number of hydrogen-bond donors (Lipinski definition) is 0. The van der Waals surface area contributed by atoms with Crippen molar-refractivity contribution in [3.8, 4) is 28.2 Å². The van der Waals surface area contributed by atoms with Crippen LogP contribution in [0.25, 0.3) is 93.6 Å². The minimum Gasteiger partial charge on any atom is -0.309 e. The molecule has 0 fully saturated rings. The molecule has 0 saturated carbocycles. The molecule has 0 atom stereocenters. The van der Waals surface area contributed by atoms with Gasteiger partial charge in [0.25, 0.3) is 0 Å². The fourth-order valence-corrected chi connectivity index (χ4v) is 6.34. The lowest BCUT2D eigenvalue weighted by molar-refractivity contribution is 1.13. The molecule has 0 radical (unpaired) electrons. The SMILES string of the molecule is [2H]c1c([2H])c([2H])c(-c2c([2H])c([2H])c(-n3c4c([2H])c([2H])c([2H])c([2H])c4c4c([2H])c([2H])c(-n5c6c([2H])c([2H])c([2H])c([2H])c6c6c([2H])c([2H])c([2H])c(-n7c8c([2H])c([2H])c([2H])c([2H])c8c8c([2H])c([2H])c([2H])c([2H])c87)c65)c([2H])c43)c([2H])c2[2H])c([2H])c1[2H]. The molecule has 51 heavy (non-hydrogen) atoms. The smallest absolute Gasteiger partial charge is 0.0782 e. The average Bonchev–Trinajstić information content (AvgIpc) is 2.19. The predicted molar refractivity (Wildman–Crippen MR) is 215 cm³/mol. The molecule has 238 valence electrons. The normalized spacial score (nSPS) is 20.4. The van der Waals surface area contributed by atoms with Crippen LogP contribution in [0.15, 0.2) is 187 Å². The van der Waals surface area contributed by atoms with Crippen LogP contribution < -0.4 is 0 Å². The van der Waals surface area contributed by atoms with Crippen LogP contribution in [0.2, 0.25) is 0 Å². The van der Waals surface area contributed by atoms with Gasteiger partial charge in [0.2, 0.25) is 0 Å². The molecule has 11 aromatic rings. The molecule has 0 aliphatic heterocycles. The molecule has 0 saturated heterocycles. The van der Waals surface area contributed by atoms with E-state index in [2.05, 4.69) is 0 Å². The summed E-state index contributed by atoms with van der Waals surface area (Å²) in [5.41, 5.74) is -8.75. The minimum absolute atomic E-state index is 0.548. The Morgan fingerprint density at radius 2 is 0.745 bits per heavy atom. The summed E-state index contributed by atoms with van der Waals surface area (Å²) in [6, 6.07) is -30.2. The van der Waals surface area contributed by atoms with E-state index in [0.29, 0.717) is 9.13 Å². The lowest BCUT2D eigenvalue weighted by Gasteiger charge is -2.15. The van der Waals surface area contributed by atoms with Crippen LogP contribution in [-0.4, -0.2) is 13.7 Å². The first kappa shape index (κ1) is 11.3. The fourth-order valence-electron chi connectivity index (χ4n) is 6.34. The Hall–Kier alpha value is -6.84. The van der Waals surface area contributed by atoms with Gasteiger partial charge in [-0.3, -0.25) is 0 Å². The van der Waals surface area contributed by atoms with Crippen molar-refractivity contribution in [1.29, 1.82) is 0 Å². The van der Waals surface area contributed by atoms with E-state index < -0.39 is 281 Å². The van der Waals surface area contributed by atoms with Crippen molar-refractivity contribution < 1.29 is 42.5 Å². The minimum atomic E-state index is -1.12. The Bertz CT molecular complexity index is 4800. The van der Waals surface area contributed by atoms with Crippen molar-refractivity contribution in [3.05, 3.63) is 187 Å². The molecule has 0 aliphatic rings. The summed E-state index contributed by atoms with van der Waals surface area (Å²) in [5, 5.41) is -3.74. The Kier molecular flexibility index (Phi) is 2.41. The second kappa shape index (κ2) is 10.8. The summed E-state index contributed by atoms with van der Waals surface area (Å²) in [6.45, 7) is 0. The van der Waals surface area contributed by atoms with Gasteiger partial charge in [0, 0.05) is 43.7 Å². The van der Waals surface area contributed by atoms with E-state index in [0.717, 1.165) is 4.57 Å². The van der Waals surface area contributed by atoms with Crippen LogP contribution >= 0.6 is 0 Å². The quantitative estimate of drug-likeness (QED) is 0.176. The standard InChI is InChI=1S/C48H31N3/c1-2-13-32(14-3-1)33-25-27-34(28-26-33)49-42-20-8-4-17-38(42)40-30-29-35(31-47(40)49)50-43-21-9-7-18-39(43)41-19-12-24-46(48(41)50)51-44-22-10-5-15-36(44)37-16-6-11-23-45(37)51/h1-31H/i1D,2D,3D,4D,5D,6D,7D,8D,9D,10D,11D,12D,13D,14D,15D,16D,17D,18D,19D,20D,21D,22D,23D,24D,25D,26D,27D,28D,29D,30D,31D. The van der Waals surface area contributed by atoms with Crippen molar-refractivity contribution in [2.24, 2.45) is 0 Å². The molecule has 0 N–H and O–H groups in total. The highest BCUT2D eigenvalue weighted by atomic mass is 15.1. The van der Waals surface area contributed by atoms with Gasteiger partial charge in [-0.15, -0.1) is 0 Å². The number of para-hydroxylation sites is 5. The van der Waals surface area contributed by atoms with Crippen molar-refractivity contribution >= 4 is 65.4 Å². The van der Waals surface area contributed by atoms with Crippen LogP contribution in [0.5, 0.6) is 0 Å². The van der Waals surface area contributed by atoms with Gasteiger partial charge in [-0.2, -0.15) is 0 Å². The van der Waals surface area contributed by atoms with Gasteiger partial charge < -0.3 is 13.7 Å². The summed E-state index contributed by atoms with van der Waals surface area (Å²) in [4.78, 5) is 0. The van der Waals surface area contributed by atoms with Crippen LogP contribution in [0.4, 0.5) is 0 Å². The van der Waals surface area contributed by atoms with E-state index in [1.54, 1.807) is 0 Å². The summed E-state index contributed by atoms with van der Waals surface area (Å²) in [5.74, 6) is 0. The summed E-state index contributed by atoms with van der Waals surface area (Å²) in [7, 11) is 0. The third-order valence-electron chi connectivity index (χ3n) is 8.40. The van der Waals surface area contributed by atoms with Gasteiger partial charge in [-0.05, 0) is 65.5 Å². The zero-order valence-electron chi connectivity index (χ0n) is 56.3. The zero-order valence-corrected chi connectivity index (χ0v) is 25.3. The number of hydrogen-bond acceptors (Lipinski definition) is 0. The largest absolute Gasteiger partial charge is 0.309 e. The topological polar surface area (TPSA) is 14.8 Å². The molecule has 0 aliphatic carbocycles. The number of benzene rings is 8. The second-order valence-electron chi connectivity index (χ2n) is 11.0. The maximum atomic E-state index is 10.3. The van der Waals surface area contributed by atoms with Gasteiger partial charge in [0.15, 0.2) is 0 Å². The molecule has 8 aromatic carbocycles. The van der Waals surface area contributed by atoms with Gasteiger partial charge in [-0.25, -0.2) is 0 Å². The monoisotopic (exact) mass is 680 g/mol. The predicted octanol–water partition coefficient (Wildman–Crippen LogP) is 12.6.